The minimum absolute atomic E-state index is 0.374. The molecule has 0 saturated carbocycles. The smallest absolute Gasteiger partial charge is 0.249 e. The molecule has 1 N–H and O–H groups in total. The van der Waals surface area contributed by atoms with E-state index in [0.29, 0.717) is 31.0 Å². The number of likely N-dealkylation sites (N-methyl/N-ethyl adjacent to an activating group) is 1. The molecular formula is C14H24N2O3. The van der Waals surface area contributed by atoms with Gasteiger partial charge in [-0.1, -0.05) is 13.8 Å². The van der Waals surface area contributed by atoms with E-state index in [2.05, 4.69) is 24.1 Å². The standard InChI is InChI=1S/C14H24N2O3/c1-4-7-16(5-2)8-10-19-9-6-15-12-11(3)13(17)14(12)18/h15H,4-10H2,1-3H3. The van der Waals surface area contributed by atoms with Crippen molar-refractivity contribution in [3.8, 4) is 0 Å². The molecule has 1 aromatic carbocycles. The molecule has 0 amide bonds. The molecule has 0 spiro atoms. The lowest BCUT2D eigenvalue weighted by Crippen LogP contribution is -2.37. The van der Waals surface area contributed by atoms with Gasteiger partial charge in [-0.15, -0.1) is 0 Å². The number of anilines is 1. The van der Waals surface area contributed by atoms with Crippen LogP contribution in [0.15, 0.2) is 9.59 Å². The summed E-state index contributed by atoms with van der Waals surface area (Å²) < 4.78 is 5.51. The Hall–Kier alpha value is -1.20. The molecule has 0 aromatic heterocycles. The first kappa shape index (κ1) is 15.9. The van der Waals surface area contributed by atoms with Crippen molar-refractivity contribution in [3.63, 3.8) is 0 Å². The Morgan fingerprint density at radius 3 is 2.42 bits per heavy atom. The fourth-order valence-electron chi connectivity index (χ4n) is 2.01. The minimum Gasteiger partial charge on any atom is -0.379 e. The number of nitrogens with zero attached hydrogens (tertiary/aromatic N) is 1. The molecular weight excluding hydrogens is 244 g/mol. The molecule has 0 heterocycles. The molecule has 0 aliphatic carbocycles. The van der Waals surface area contributed by atoms with E-state index in [1.165, 1.54) is 0 Å². The van der Waals surface area contributed by atoms with E-state index in [0.717, 1.165) is 26.1 Å². The maximum atomic E-state index is 11.2. The van der Waals surface area contributed by atoms with Crippen molar-refractivity contribution in [1.29, 1.82) is 0 Å². The highest BCUT2D eigenvalue weighted by molar-refractivity contribution is 5.55. The maximum Gasteiger partial charge on any atom is 0.249 e. The molecule has 1 aromatic rings. The Balaban J connectivity index is 2.09. The van der Waals surface area contributed by atoms with Gasteiger partial charge in [0.1, 0.15) is 0 Å². The van der Waals surface area contributed by atoms with Crippen LogP contribution in [0.1, 0.15) is 25.8 Å². The highest BCUT2D eigenvalue weighted by atomic mass is 16.5. The van der Waals surface area contributed by atoms with Crippen molar-refractivity contribution in [2.45, 2.75) is 27.2 Å². The number of ether oxygens (including phenoxy) is 1. The summed E-state index contributed by atoms with van der Waals surface area (Å²) >= 11 is 0. The van der Waals surface area contributed by atoms with E-state index < -0.39 is 5.43 Å². The normalized spacial score (nSPS) is 11.4. The third kappa shape index (κ3) is 4.44. The largest absolute Gasteiger partial charge is 0.379 e. The summed E-state index contributed by atoms with van der Waals surface area (Å²) in [4.78, 5) is 24.5. The van der Waals surface area contributed by atoms with Gasteiger partial charge in [-0.05, 0) is 26.4 Å². The molecule has 0 bridgehead atoms. The van der Waals surface area contributed by atoms with Gasteiger partial charge in [0.05, 0.1) is 18.9 Å². The van der Waals surface area contributed by atoms with Gasteiger partial charge in [-0.3, -0.25) is 9.59 Å². The minimum atomic E-state index is -0.405. The van der Waals surface area contributed by atoms with Crippen LogP contribution in [0, 0.1) is 6.92 Å². The van der Waals surface area contributed by atoms with E-state index in [9.17, 15) is 9.59 Å². The average Bonchev–Trinajstić information content (AvgIpc) is 2.44. The van der Waals surface area contributed by atoms with Crippen LogP contribution >= 0.6 is 0 Å². The molecule has 19 heavy (non-hydrogen) atoms. The Morgan fingerprint density at radius 1 is 1.11 bits per heavy atom. The van der Waals surface area contributed by atoms with E-state index in [1.54, 1.807) is 6.92 Å². The Labute approximate surface area is 114 Å². The highest BCUT2D eigenvalue weighted by Crippen LogP contribution is 2.03. The van der Waals surface area contributed by atoms with Crippen LogP contribution in [0.25, 0.3) is 0 Å². The van der Waals surface area contributed by atoms with Gasteiger partial charge in [0.2, 0.25) is 10.9 Å². The number of hydrogen-bond donors (Lipinski definition) is 1. The van der Waals surface area contributed by atoms with Gasteiger partial charge in [-0.2, -0.15) is 0 Å². The van der Waals surface area contributed by atoms with Crippen LogP contribution in [0.5, 0.6) is 0 Å². The van der Waals surface area contributed by atoms with Crippen LogP contribution in [0.4, 0.5) is 5.69 Å². The highest BCUT2D eigenvalue weighted by Gasteiger charge is 2.15. The lowest BCUT2D eigenvalue weighted by atomic mass is 10.1. The molecule has 0 radical (unpaired) electrons. The van der Waals surface area contributed by atoms with Crippen LogP contribution in [-0.4, -0.2) is 44.3 Å². The van der Waals surface area contributed by atoms with Crippen LogP contribution in [-0.2, 0) is 4.74 Å². The predicted octanol–water partition coefficient (Wildman–Crippen LogP) is 0.751. The topological polar surface area (TPSA) is 58.6 Å². The first-order valence-corrected chi connectivity index (χ1v) is 6.95. The van der Waals surface area contributed by atoms with E-state index in [-0.39, 0.29) is 5.43 Å². The molecule has 5 heteroatoms. The molecule has 1 rings (SSSR count). The third-order valence-electron chi connectivity index (χ3n) is 3.24. The zero-order chi connectivity index (χ0) is 14.3. The van der Waals surface area contributed by atoms with Crippen molar-refractivity contribution >= 4 is 5.69 Å². The Morgan fingerprint density at radius 2 is 1.84 bits per heavy atom. The summed E-state index contributed by atoms with van der Waals surface area (Å²) in [6.45, 7) is 10.8. The number of hydrogen-bond acceptors (Lipinski definition) is 5. The van der Waals surface area contributed by atoms with Crippen molar-refractivity contribution in [2.75, 3.05) is 44.7 Å². The first-order chi connectivity index (χ1) is 9.11. The molecule has 0 aliphatic rings. The Bertz CT molecular complexity index is 450. The van der Waals surface area contributed by atoms with Crippen LogP contribution in [0.3, 0.4) is 0 Å². The fourth-order valence-corrected chi connectivity index (χ4v) is 2.01. The second-order valence-corrected chi connectivity index (χ2v) is 4.63. The molecule has 0 fully saturated rings. The van der Waals surface area contributed by atoms with Gasteiger partial charge in [0.15, 0.2) is 0 Å². The van der Waals surface area contributed by atoms with E-state index >= 15 is 0 Å². The Kier molecular flexibility index (Phi) is 6.73. The van der Waals surface area contributed by atoms with Crippen LogP contribution < -0.4 is 16.2 Å². The molecule has 5 nitrogen and oxygen atoms in total. The van der Waals surface area contributed by atoms with Gasteiger partial charge in [0, 0.05) is 18.7 Å². The fraction of sp³-hybridized carbons (Fsp3) is 0.714. The summed E-state index contributed by atoms with van der Waals surface area (Å²) in [7, 11) is 0. The molecule has 0 atom stereocenters. The average molecular weight is 268 g/mol. The van der Waals surface area contributed by atoms with E-state index in [4.69, 9.17) is 4.74 Å². The second kappa shape index (κ2) is 8.07. The monoisotopic (exact) mass is 268 g/mol. The van der Waals surface area contributed by atoms with Crippen molar-refractivity contribution in [3.05, 3.63) is 26.0 Å². The molecule has 0 aliphatic heterocycles. The van der Waals surface area contributed by atoms with Gasteiger partial charge in [-0.25, -0.2) is 0 Å². The second-order valence-electron chi connectivity index (χ2n) is 4.63. The SMILES string of the molecule is CCCN(CC)CCOCCNc1c(C)c(=O)c1=O. The summed E-state index contributed by atoms with van der Waals surface area (Å²) in [5.41, 5.74) is 0.207. The van der Waals surface area contributed by atoms with Gasteiger partial charge in [0.25, 0.3) is 0 Å². The molecule has 0 unspecified atom stereocenters. The first-order valence-electron chi connectivity index (χ1n) is 6.95. The molecule has 108 valence electrons. The summed E-state index contributed by atoms with van der Waals surface area (Å²) in [5, 5.41) is 2.95. The predicted molar refractivity (Wildman–Crippen MR) is 77.8 cm³/mol. The van der Waals surface area contributed by atoms with E-state index in [1.807, 2.05) is 0 Å². The number of nitrogens with one attached hydrogen (secondary N) is 1. The summed E-state index contributed by atoms with van der Waals surface area (Å²) in [6.07, 6.45) is 1.15. The quantitative estimate of drug-likeness (QED) is 0.501. The van der Waals surface area contributed by atoms with Crippen molar-refractivity contribution < 1.29 is 4.74 Å². The van der Waals surface area contributed by atoms with Crippen molar-refractivity contribution in [2.24, 2.45) is 0 Å². The third-order valence-corrected chi connectivity index (χ3v) is 3.24. The lowest BCUT2D eigenvalue weighted by molar-refractivity contribution is 0.113. The lowest BCUT2D eigenvalue weighted by Gasteiger charge is -2.19. The maximum absolute atomic E-state index is 11.2. The van der Waals surface area contributed by atoms with Gasteiger partial charge < -0.3 is 15.0 Å². The zero-order valence-electron chi connectivity index (χ0n) is 12.1. The summed E-state index contributed by atoms with van der Waals surface area (Å²) in [5.74, 6) is 0. The summed E-state index contributed by atoms with van der Waals surface area (Å²) in [6, 6.07) is 0. The molecule has 0 saturated heterocycles. The zero-order valence-corrected chi connectivity index (χ0v) is 12.1. The van der Waals surface area contributed by atoms with Crippen LogP contribution in [0.2, 0.25) is 0 Å². The number of rotatable bonds is 10. The van der Waals surface area contributed by atoms with Crippen molar-refractivity contribution in [1.82, 2.24) is 4.90 Å². The van der Waals surface area contributed by atoms with Gasteiger partial charge >= 0.3 is 0 Å².